The number of piperidine rings is 1. The van der Waals surface area contributed by atoms with Crippen molar-refractivity contribution in [1.82, 2.24) is 4.90 Å². The van der Waals surface area contributed by atoms with Crippen molar-refractivity contribution in [3.8, 4) is 0 Å². The van der Waals surface area contributed by atoms with Crippen LogP contribution in [0.2, 0.25) is 0 Å². The Labute approximate surface area is 76.5 Å². The Hall–Kier alpha value is -1.06. The van der Waals surface area contributed by atoms with Crippen LogP contribution in [-0.4, -0.2) is 35.0 Å². The van der Waals surface area contributed by atoms with Crippen LogP contribution in [0.1, 0.15) is 19.3 Å². The van der Waals surface area contributed by atoms with Crippen LogP contribution in [0.3, 0.4) is 0 Å². The molecule has 2 atom stereocenters. The first-order valence-corrected chi connectivity index (χ1v) is 4.67. The Morgan fingerprint density at radius 1 is 1.46 bits per heavy atom. The molecule has 1 saturated carbocycles. The van der Waals surface area contributed by atoms with Gasteiger partial charge in [0.05, 0.1) is 0 Å². The van der Waals surface area contributed by atoms with E-state index in [4.69, 9.17) is 5.11 Å². The fourth-order valence-electron chi connectivity index (χ4n) is 2.35. The van der Waals surface area contributed by atoms with Crippen LogP contribution in [0.4, 0.5) is 4.79 Å². The van der Waals surface area contributed by atoms with Crippen molar-refractivity contribution in [3.05, 3.63) is 0 Å². The summed E-state index contributed by atoms with van der Waals surface area (Å²) in [5, 5.41) is 8.79. The van der Waals surface area contributed by atoms with Gasteiger partial charge in [0.1, 0.15) is 5.78 Å². The predicted molar refractivity (Wildman–Crippen MR) is 45.4 cm³/mol. The van der Waals surface area contributed by atoms with Crippen molar-refractivity contribution in [2.24, 2.45) is 11.8 Å². The zero-order valence-electron chi connectivity index (χ0n) is 7.40. The summed E-state index contributed by atoms with van der Waals surface area (Å²) in [5.41, 5.74) is 0. The number of carboxylic acid groups (broad SMARTS) is 1. The van der Waals surface area contributed by atoms with Gasteiger partial charge in [0, 0.05) is 25.4 Å². The van der Waals surface area contributed by atoms with E-state index in [1.807, 2.05) is 0 Å². The lowest BCUT2D eigenvalue weighted by Gasteiger charge is -2.38. The van der Waals surface area contributed by atoms with Crippen molar-refractivity contribution in [1.29, 1.82) is 0 Å². The molecule has 0 aromatic heterocycles. The quantitative estimate of drug-likeness (QED) is 0.608. The van der Waals surface area contributed by atoms with Crippen LogP contribution in [0, 0.1) is 11.8 Å². The molecule has 0 aromatic rings. The highest BCUT2D eigenvalue weighted by Crippen LogP contribution is 2.32. The summed E-state index contributed by atoms with van der Waals surface area (Å²) in [5.74, 6) is 0.665. The molecule has 2 fully saturated rings. The maximum Gasteiger partial charge on any atom is 0.407 e. The number of hydrogen-bond acceptors (Lipinski definition) is 2. The lowest BCUT2D eigenvalue weighted by molar-refractivity contribution is -0.128. The number of Topliss-reactive ketones (excluding diaryl/α,β-unsaturated/α-hetero) is 1. The highest BCUT2D eigenvalue weighted by molar-refractivity contribution is 5.82. The molecule has 1 saturated heterocycles. The number of carbonyl (C=O) groups excluding carboxylic acids is 1. The number of rotatable bonds is 0. The van der Waals surface area contributed by atoms with Crippen LogP contribution in [0.15, 0.2) is 0 Å². The molecule has 2 bridgehead atoms. The molecule has 0 spiro atoms. The molecular weight excluding hydrogens is 170 g/mol. The Kier molecular flexibility index (Phi) is 1.98. The monoisotopic (exact) mass is 183 g/mol. The van der Waals surface area contributed by atoms with E-state index in [0.29, 0.717) is 25.4 Å². The molecule has 4 nitrogen and oxygen atoms in total. The number of nitrogens with zero attached hydrogens (tertiary/aromatic N) is 1. The van der Waals surface area contributed by atoms with Crippen molar-refractivity contribution < 1.29 is 14.7 Å². The second-order valence-corrected chi connectivity index (χ2v) is 3.99. The van der Waals surface area contributed by atoms with Crippen molar-refractivity contribution in [2.45, 2.75) is 19.3 Å². The first kappa shape index (κ1) is 8.53. The van der Waals surface area contributed by atoms with Gasteiger partial charge < -0.3 is 10.0 Å². The number of fused-ring (bicyclic) bond motifs is 2. The van der Waals surface area contributed by atoms with Gasteiger partial charge in [-0.3, -0.25) is 4.79 Å². The highest BCUT2D eigenvalue weighted by atomic mass is 16.4. The molecule has 1 N–H and O–H groups in total. The lowest BCUT2D eigenvalue weighted by Crippen LogP contribution is -2.48. The van der Waals surface area contributed by atoms with E-state index >= 15 is 0 Å². The second kappa shape index (κ2) is 3.01. The smallest absolute Gasteiger partial charge is 0.407 e. The van der Waals surface area contributed by atoms with Crippen molar-refractivity contribution in [2.75, 3.05) is 13.1 Å². The Morgan fingerprint density at radius 3 is 2.92 bits per heavy atom. The minimum Gasteiger partial charge on any atom is -0.465 e. The second-order valence-electron chi connectivity index (χ2n) is 3.99. The normalized spacial score (nSPS) is 33.2. The van der Waals surface area contributed by atoms with E-state index in [2.05, 4.69) is 0 Å². The summed E-state index contributed by atoms with van der Waals surface area (Å²) in [4.78, 5) is 23.4. The number of carbonyl (C=O) groups is 2. The molecule has 1 aliphatic heterocycles. The van der Waals surface area contributed by atoms with Crippen LogP contribution in [0.5, 0.6) is 0 Å². The molecule has 0 radical (unpaired) electrons. The van der Waals surface area contributed by atoms with Crippen LogP contribution < -0.4 is 0 Å². The molecule has 1 heterocycles. The maximum atomic E-state index is 11.4. The number of hydrogen-bond donors (Lipinski definition) is 1. The van der Waals surface area contributed by atoms with E-state index in [1.165, 1.54) is 4.90 Å². The molecule has 72 valence electrons. The van der Waals surface area contributed by atoms with Gasteiger partial charge >= 0.3 is 6.09 Å². The number of ketones is 1. The summed E-state index contributed by atoms with van der Waals surface area (Å²) in [7, 11) is 0. The van der Waals surface area contributed by atoms with Gasteiger partial charge in [0.2, 0.25) is 0 Å². The van der Waals surface area contributed by atoms with Gasteiger partial charge in [0.25, 0.3) is 0 Å². The third-order valence-electron chi connectivity index (χ3n) is 3.06. The number of likely N-dealkylation sites (tertiary alicyclic amines) is 1. The highest BCUT2D eigenvalue weighted by Gasteiger charge is 2.36. The summed E-state index contributed by atoms with van der Waals surface area (Å²) in [6.45, 7) is 1.05. The molecule has 0 aromatic carbocycles. The standard InChI is InChI=1S/C9H13NO3/c11-8-2-1-6-3-7(8)5-10(4-6)9(12)13/h6-7H,1-5H2,(H,12,13). The van der Waals surface area contributed by atoms with E-state index in [-0.39, 0.29) is 11.7 Å². The fraction of sp³-hybridized carbons (Fsp3) is 0.778. The molecule has 2 rings (SSSR count). The van der Waals surface area contributed by atoms with Gasteiger partial charge in [-0.25, -0.2) is 4.79 Å². The average molecular weight is 183 g/mol. The summed E-state index contributed by atoms with van der Waals surface area (Å²) >= 11 is 0. The lowest BCUT2D eigenvalue weighted by atomic mass is 9.77. The fourth-order valence-corrected chi connectivity index (χ4v) is 2.35. The first-order valence-electron chi connectivity index (χ1n) is 4.67. The minimum absolute atomic E-state index is 0.0106. The van der Waals surface area contributed by atoms with E-state index in [9.17, 15) is 9.59 Å². The Balaban J connectivity index is 2.08. The molecule has 1 aliphatic carbocycles. The topological polar surface area (TPSA) is 57.6 Å². The Morgan fingerprint density at radius 2 is 2.23 bits per heavy atom. The van der Waals surface area contributed by atoms with E-state index in [0.717, 1.165) is 12.8 Å². The van der Waals surface area contributed by atoms with Crippen molar-refractivity contribution >= 4 is 11.9 Å². The SMILES string of the molecule is O=C1CCC2CC1CN(C(=O)O)C2. The molecule has 2 unspecified atom stereocenters. The van der Waals surface area contributed by atoms with Gasteiger partial charge in [-0.05, 0) is 18.8 Å². The summed E-state index contributed by atoms with van der Waals surface area (Å²) in [6, 6.07) is 0. The molecule has 13 heavy (non-hydrogen) atoms. The predicted octanol–water partition coefficient (Wildman–Crippen LogP) is 0.965. The molecule has 4 heteroatoms. The first-order chi connectivity index (χ1) is 6.16. The average Bonchev–Trinajstić information content (AvgIpc) is 2.12. The van der Waals surface area contributed by atoms with Crippen LogP contribution >= 0.6 is 0 Å². The maximum absolute atomic E-state index is 11.4. The zero-order valence-corrected chi connectivity index (χ0v) is 7.40. The third-order valence-corrected chi connectivity index (χ3v) is 3.06. The Bertz CT molecular complexity index is 251. The molecule has 1 amide bonds. The van der Waals surface area contributed by atoms with Crippen LogP contribution in [-0.2, 0) is 4.79 Å². The zero-order chi connectivity index (χ0) is 9.42. The minimum atomic E-state index is -0.885. The van der Waals surface area contributed by atoms with Crippen LogP contribution in [0.25, 0.3) is 0 Å². The van der Waals surface area contributed by atoms with E-state index in [1.54, 1.807) is 0 Å². The van der Waals surface area contributed by atoms with Gasteiger partial charge in [0.15, 0.2) is 0 Å². The van der Waals surface area contributed by atoms with Gasteiger partial charge in [-0.1, -0.05) is 0 Å². The van der Waals surface area contributed by atoms with Gasteiger partial charge in [-0.15, -0.1) is 0 Å². The van der Waals surface area contributed by atoms with Gasteiger partial charge in [-0.2, -0.15) is 0 Å². The summed E-state index contributed by atoms with van der Waals surface area (Å²) in [6.07, 6.45) is 1.55. The molecular formula is C9H13NO3. The van der Waals surface area contributed by atoms with Crippen molar-refractivity contribution in [3.63, 3.8) is 0 Å². The number of amides is 1. The molecule has 2 aliphatic rings. The summed E-state index contributed by atoms with van der Waals surface area (Å²) < 4.78 is 0. The van der Waals surface area contributed by atoms with E-state index < -0.39 is 6.09 Å². The third kappa shape index (κ3) is 1.53. The largest absolute Gasteiger partial charge is 0.465 e.